The minimum absolute atomic E-state index is 0.643. The molecule has 0 saturated carbocycles. The lowest BCUT2D eigenvalue weighted by atomic mass is 10.0. The zero-order valence-corrected chi connectivity index (χ0v) is 13.8. The van der Waals surface area contributed by atoms with E-state index in [0.717, 1.165) is 24.9 Å². The van der Waals surface area contributed by atoms with Crippen molar-refractivity contribution in [2.24, 2.45) is 11.8 Å². The fourth-order valence-corrected chi connectivity index (χ4v) is 2.46. The average molecular weight is 256 g/mol. The van der Waals surface area contributed by atoms with Gasteiger partial charge in [-0.25, -0.2) is 0 Å². The molecule has 0 aliphatic rings. The summed E-state index contributed by atoms with van der Waals surface area (Å²) in [6, 6.07) is 1.33. The molecule has 0 bridgehead atoms. The first-order valence-corrected chi connectivity index (χ1v) is 7.84. The quantitative estimate of drug-likeness (QED) is 0.640. The van der Waals surface area contributed by atoms with Gasteiger partial charge >= 0.3 is 0 Å². The van der Waals surface area contributed by atoms with Crippen molar-refractivity contribution in [2.45, 2.75) is 73.4 Å². The van der Waals surface area contributed by atoms with Crippen molar-refractivity contribution in [1.29, 1.82) is 0 Å². The Labute approximate surface area is 116 Å². The Bertz CT molecular complexity index is 188. The van der Waals surface area contributed by atoms with Gasteiger partial charge in [0.1, 0.15) is 0 Å². The van der Waals surface area contributed by atoms with Gasteiger partial charge in [-0.15, -0.1) is 0 Å². The van der Waals surface area contributed by atoms with E-state index in [2.05, 4.69) is 58.7 Å². The van der Waals surface area contributed by atoms with Crippen LogP contribution in [0.15, 0.2) is 0 Å². The molecule has 0 rings (SSSR count). The first kappa shape index (κ1) is 17.9. The third-order valence-corrected chi connectivity index (χ3v) is 3.26. The van der Waals surface area contributed by atoms with Gasteiger partial charge in [-0.2, -0.15) is 0 Å². The fourth-order valence-electron chi connectivity index (χ4n) is 2.46. The van der Waals surface area contributed by atoms with Gasteiger partial charge in [0, 0.05) is 25.2 Å². The number of hydrogen-bond acceptors (Lipinski definition) is 2. The number of hydrogen-bond donors (Lipinski definition) is 1. The zero-order chi connectivity index (χ0) is 14.1. The standard InChI is InChI=1S/C16H36N2/c1-8-9-16(11-17-10-13(2)3)18(15(6)7)12-14(4)5/h13-17H,8-12H2,1-7H3. The molecule has 0 aliphatic carbocycles. The Kier molecular flexibility index (Phi) is 9.76. The summed E-state index contributed by atoms with van der Waals surface area (Å²) in [5, 5.41) is 3.64. The SMILES string of the molecule is CCCC(CNCC(C)C)N(CC(C)C)C(C)C. The molecule has 1 atom stereocenters. The van der Waals surface area contributed by atoms with Gasteiger partial charge in [0.25, 0.3) is 0 Å². The van der Waals surface area contributed by atoms with Crippen molar-refractivity contribution >= 4 is 0 Å². The maximum absolute atomic E-state index is 3.64. The van der Waals surface area contributed by atoms with Crippen molar-refractivity contribution in [3.05, 3.63) is 0 Å². The van der Waals surface area contributed by atoms with E-state index in [-0.39, 0.29) is 0 Å². The van der Waals surface area contributed by atoms with E-state index in [1.165, 1.54) is 19.4 Å². The van der Waals surface area contributed by atoms with Crippen LogP contribution in [-0.4, -0.2) is 36.6 Å². The molecule has 0 fully saturated rings. The summed E-state index contributed by atoms with van der Waals surface area (Å²) < 4.78 is 0. The van der Waals surface area contributed by atoms with Gasteiger partial charge in [-0.3, -0.25) is 4.90 Å². The van der Waals surface area contributed by atoms with Gasteiger partial charge < -0.3 is 5.32 Å². The lowest BCUT2D eigenvalue weighted by Crippen LogP contribution is -2.48. The summed E-state index contributed by atoms with van der Waals surface area (Å²) >= 11 is 0. The summed E-state index contributed by atoms with van der Waals surface area (Å²) in [5.41, 5.74) is 0. The topological polar surface area (TPSA) is 15.3 Å². The number of nitrogens with zero attached hydrogens (tertiary/aromatic N) is 1. The van der Waals surface area contributed by atoms with E-state index >= 15 is 0 Å². The highest BCUT2D eigenvalue weighted by Crippen LogP contribution is 2.13. The molecule has 1 N–H and O–H groups in total. The summed E-state index contributed by atoms with van der Waals surface area (Å²) in [7, 11) is 0. The highest BCUT2D eigenvalue weighted by atomic mass is 15.2. The van der Waals surface area contributed by atoms with Crippen LogP contribution in [0.25, 0.3) is 0 Å². The van der Waals surface area contributed by atoms with Gasteiger partial charge in [-0.05, 0) is 38.6 Å². The first-order valence-electron chi connectivity index (χ1n) is 7.84. The Morgan fingerprint density at radius 1 is 0.889 bits per heavy atom. The van der Waals surface area contributed by atoms with Crippen LogP contribution in [0, 0.1) is 11.8 Å². The molecule has 0 saturated heterocycles. The predicted octanol–water partition coefficient (Wildman–Crippen LogP) is 3.77. The Hall–Kier alpha value is -0.0800. The molecule has 0 radical (unpaired) electrons. The van der Waals surface area contributed by atoms with Crippen LogP contribution in [0.3, 0.4) is 0 Å². The minimum atomic E-state index is 0.643. The Morgan fingerprint density at radius 2 is 1.50 bits per heavy atom. The van der Waals surface area contributed by atoms with E-state index in [4.69, 9.17) is 0 Å². The lowest BCUT2D eigenvalue weighted by molar-refractivity contribution is 0.124. The second-order valence-corrected chi connectivity index (χ2v) is 6.68. The monoisotopic (exact) mass is 256 g/mol. The van der Waals surface area contributed by atoms with Crippen molar-refractivity contribution < 1.29 is 0 Å². The van der Waals surface area contributed by atoms with Crippen molar-refractivity contribution in [2.75, 3.05) is 19.6 Å². The molecular weight excluding hydrogens is 220 g/mol. The molecule has 0 aromatic carbocycles. The van der Waals surface area contributed by atoms with Crippen molar-refractivity contribution in [1.82, 2.24) is 10.2 Å². The van der Waals surface area contributed by atoms with E-state index in [1.807, 2.05) is 0 Å². The number of rotatable bonds is 10. The molecule has 2 nitrogen and oxygen atoms in total. The van der Waals surface area contributed by atoms with Crippen molar-refractivity contribution in [3.63, 3.8) is 0 Å². The van der Waals surface area contributed by atoms with Crippen molar-refractivity contribution in [3.8, 4) is 0 Å². The molecule has 1 unspecified atom stereocenters. The third-order valence-electron chi connectivity index (χ3n) is 3.26. The highest BCUT2D eigenvalue weighted by molar-refractivity contribution is 4.77. The Morgan fingerprint density at radius 3 is 1.89 bits per heavy atom. The average Bonchev–Trinajstić information content (AvgIpc) is 2.24. The summed E-state index contributed by atoms with van der Waals surface area (Å²) in [6.07, 6.45) is 2.57. The van der Waals surface area contributed by atoms with Crippen LogP contribution >= 0.6 is 0 Å². The van der Waals surface area contributed by atoms with Gasteiger partial charge in [0.15, 0.2) is 0 Å². The molecule has 0 heterocycles. The minimum Gasteiger partial charge on any atom is -0.315 e. The van der Waals surface area contributed by atoms with E-state index in [0.29, 0.717) is 12.1 Å². The predicted molar refractivity (Wildman–Crippen MR) is 83.1 cm³/mol. The zero-order valence-electron chi connectivity index (χ0n) is 13.8. The van der Waals surface area contributed by atoms with E-state index < -0.39 is 0 Å². The molecule has 0 amide bonds. The second kappa shape index (κ2) is 9.80. The summed E-state index contributed by atoms with van der Waals surface area (Å²) in [4.78, 5) is 2.68. The molecule has 0 aromatic rings. The van der Waals surface area contributed by atoms with E-state index in [9.17, 15) is 0 Å². The Balaban J connectivity index is 4.39. The molecule has 2 heteroatoms. The molecule has 110 valence electrons. The summed E-state index contributed by atoms with van der Waals surface area (Å²) in [5.74, 6) is 1.49. The molecule has 0 aliphatic heterocycles. The third kappa shape index (κ3) is 8.10. The van der Waals surface area contributed by atoms with Gasteiger partial charge in [0.2, 0.25) is 0 Å². The van der Waals surface area contributed by atoms with Gasteiger partial charge in [0.05, 0.1) is 0 Å². The molecule has 0 aromatic heterocycles. The summed E-state index contributed by atoms with van der Waals surface area (Å²) in [6.45, 7) is 19.6. The fraction of sp³-hybridized carbons (Fsp3) is 1.00. The second-order valence-electron chi connectivity index (χ2n) is 6.68. The van der Waals surface area contributed by atoms with Crippen LogP contribution in [0.5, 0.6) is 0 Å². The molecular formula is C16H36N2. The molecule has 18 heavy (non-hydrogen) atoms. The maximum atomic E-state index is 3.64. The van der Waals surface area contributed by atoms with Crippen LogP contribution in [0.2, 0.25) is 0 Å². The lowest BCUT2D eigenvalue weighted by Gasteiger charge is -2.36. The van der Waals surface area contributed by atoms with Crippen LogP contribution < -0.4 is 5.32 Å². The molecule has 0 spiro atoms. The normalized spacial score (nSPS) is 14.2. The number of nitrogens with one attached hydrogen (secondary N) is 1. The van der Waals surface area contributed by atoms with Crippen LogP contribution in [0.4, 0.5) is 0 Å². The maximum Gasteiger partial charge on any atom is 0.0223 e. The highest BCUT2D eigenvalue weighted by Gasteiger charge is 2.21. The van der Waals surface area contributed by atoms with Gasteiger partial charge in [-0.1, -0.05) is 41.0 Å². The smallest absolute Gasteiger partial charge is 0.0223 e. The van der Waals surface area contributed by atoms with Crippen LogP contribution in [-0.2, 0) is 0 Å². The van der Waals surface area contributed by atoms with E-state index in [1.54, 1.807) is 0 Å². The first-order chi connectivity index (χ1) is 8.38. The van der Waals surface area contributed by atoms with Crippen LogP contribution in [0.1, 0.15) is 61.3 Å². The largest absolute Gasteiger partial charge is 0.315 e.